The van der Waals surface area contributed by atoms with Crippen LogP contribution in [0.2, 0.25) is 0 Å². The molecule has 3 aromatic heterocycles. The number of nitrogens with one attached hydrogen (secondary N) is 1. The van der Waals surface area contributed by atoms with Crippen LogP contribution in [-0.4, -0.2) is 18.9 Å². The summed E-state index contributed by atoms with van der Waals surface area (Å²) in [4.78, 5) is 8.52. The topological polar surface area (TPSA) is 47.2 Å². The lowest BCUT2D eigenvalue weighted by Crippen LogP contribution is -2.07. The number of aromatic nitrogens is 4. The van der Waals surface area contributed by atoms with E-state index in [0.29, 0.717) is 6.54 Å². The van der Waals surface area contributed by atoms with Crippen molar-refractivity contribution >= 4 is 11.5 Å². The highest BCUT2D eigenvalue weighted by Gasteiger charge is 2.02. The van der Waals surface area contributed by atoms with Gasteiger partial charge in [0.05, 0.1) is 6.54 Å². The Bertz CT molecular complexity index is 637. The minimum Gasteiger partial charge on any atom is -0.364 e. The fourth-order valence-electron chi connectivity index (χ4n) is 1.83. The molecule has 5 nitrogen and oxygen atoms in total. The molecule has 0 aliphatic heterocycles. The molecule has 17 heavy (non-hydrogen) atoms. The fraction of sp³-hybridized carbons (Fsp3) is 0.167. The molecule has 1 N–H and O–H groups in total. The van der Waals surface area contributed by atoms with E-state index < -0.39 is 0 Å². The minimum absolute atomic E-state index is 0.695. The van der Waals surface area contributed by atoms with Crippen LogP contribution < -0.4 is 5.32 Å². The van der Waals surface area contributed by atoms with Crippen LogP contribution in [-0.2, 0) is 13.6 Å². The third kappa shape index (κ3) is 1.75. The summed E-state index contributed by atoms with van der Waals surface area (Å²) in [5, 5.41) is 3.36. The second-order valence-electron chi connectivity index (χ2n) is 3.87. The Labute approximate surface area is 98.7 Å². The highest BCUT2D eigenvalue weighted by molar-refractivity contribution is 5.49. The molecular formula is C12H13N5. The van der Waals surface area contributed by atoms with Gasteiger partial charge in [0.15, 0.2) is 0 Å². The molecule has 5 heteroatoms. The highest BCUT2D eigenvalue weighted by atomic mass is 15.1. The summed E-state index contributed by atoms with van der Waals surface area (Å²) in [6, 6.07) is 5.99. The van der Waals surface area contributed by atoms with Crippen molar-refractivity contribution in [1.82, 2.24) is 18.9 Å². The van der Waals surface area contributed by atoms with E-state index in [1.807, 2.05) is 46.6 Å². The van der Waals surface area contributed by atoms with E-state index in [0.717, 1.165) is 17.3 Å². The number of fused-ring (bicyclic) bond motifs is 1. The van der Waals surface area contributed by atoms with Crippen LogP contribution in [0.25, 0.3) is 5.65 Å². The van der Waals surface area contributed by atoms with Gasteiger partial charge in [-0.15, -0.1) is 0 Å². The average molecular weight is 227 g/mol. The molecule has 3 heterocycles. The van der Waals surface area contributed by atoms with Crippen molar-refractivity contribution < 1.29 is 0 Å². The molecule has 3 aromatic rings. The summed E-state index contributed by atoms with van der Waals surface area (Å²) in [5.41, 5.74) is 0.940. The molecule has 0 atom stereocenters. The normalized spacial score (nSPS) is 10.9. The maximum atomic E-state index is 4.27. The zero-order chi connectivity index (χ0) is 11.7. The molecule has 0 spiro atoms. The molecule has 0 saturated heterocycles. The lowest BCUT2D eigenvalue weighted by molar-refractivity contribution is 0.809. The maximum absolute atomic E-state index is 4.27. The number of hydrogen-bond acceptors (Lipinski definition) is 3. The first-order chi connectivity index (χ1) is 8.34. The van der Waals surface area contributed by atoms with Gasteiger partial charge in [0.25, 0.3) is 0 Å². The van der Waals surface area contributed by atoms with Gasteiger partial charge >= 0.3 is 0 Å². The van der Waals surface area contributed by atoms with Crippen LogP contribution in [0.5, 0.6) is 0 Å². The van der Waals surface area contributed by atoms with Crippen molar-refractivity contribution in [3.63, 3.8) is 0 Å². The van der Waals surface area contributed by atoms with Crippen LogP contribution >= 0.6 is 0 Å². The summed E-state index contributed by atoms with van der Waals surface area (Å²) in [7, 11) is 1.99. The Morgan fingerprint density at radius 2 is 2.06 bits per heavy atom. The summed E-state index contributed by atoms with van der Waals surface area (Å²) in [6.07, 6.45) is 7.47. The Balaban J connectivity index is 1.86. The molecule has 0 saturated carbocycles. The molecule has 0 aromatic carbocycles. The Hall–Kier alpha value is -2.30. The maximum Gasteiger partial charge on any atom is 0.138 e. The van der Waals surface area contributed by atoms with Crippen molar-refractivity contribution in [3.05, 3.63) is 48.8 Å². The smallest absolute Gasteiger partial charge is 0.138 e. The lowest BCUT2D eigenvalue weighted by atomic mass is 10.4. The van der Waals surface area contributed by atoms with Gasteiger partial charge in [-0.25, -0.2) is 9.97 Å². The fourth-order valence-corrected chi connectivity index (χ4v) is 1.83. The standard InChI is InChI=1S/C12H13N5/c1-16-7-5-14-12(16)9-15-11-4-2-3-10-13-6-8-17(10)11/h2-8,15H,9H2,1H3. The minimum atomic E-state index is 0.695. The van der Waals surface area contributed by atoms with Gasteiger partial charge in [-0.3, -0.25) is 4.40 Å². The Morgan fingerprint density at radius 1 is 1.18 bits per heavy atom. The Kier molecular flexibility index (Phi) is 2.29. The van der Waals surface area contributed by atoms with Gasteiger partial charge in [0.2, 0.25) is 0 Å². The Morgan fingerprint density at radius 3 is 2.88 bits per heavy atom. The molecule has 86 valence electrons. The monoisotopic (exact) mass is 227 g/mol. The SMILES string of the molecule is Cn1ccnc1CNc1cccc2nccn12. The van der Waals surface area contributed by atoms with Crippen molar-refractivity contribution in [1.29, 1.82) is 0 Å². The molecular weight excluding hydrogens is 214 g/mol. The van der Waals surface area contributed by atoms with Crippen LogP contribution in [0.15, 0.2) is 43.0 Å². The summed E-state index contributed by atoms with van der Waals surface area (Å²) < 4.78 is 4.02. The number of imidazole rings is 2. The number of rotatable bonds is 3. The number of hydrogen-bond donors (Lipinski definition) is 1. The van der Waals surface area contributed by atoms with Crippen molar-refractivity contribution in [3.8, 4) is 0 Å². The molecule has 0 bridgehead atoms. The van der Waals surface area contributed by atoms with E-state index in [2.05, 4.69) is 15.3 Å². The molecule has 3 rings (SSSR count). The molecule has 0 radical (unpaired) electrons. The van der Waals surface area contributed by atoms with E-state index in [9.17, 15) is 0 Å². The van der Waals surface area contributed by atoms with Crippen LogP contribution in [0.3, 0.4) is 0 Å². The largest absolute Gasteiger partial charge is 0.364 e. The predicted molar refractivity (Wildman–Crippen MR) is 65.7 cm³/mol. The van der Waals surface area contributed by atoms with Crippen molar-refractivity contribution in [2.45, 2.75) is 6.54 Å². The third-order valence-electron chi connectivity index (χ3n) is 2.78. The summed E-state index contributed by atoms with van der Waals surface area (Å²) >= 11 is 0. The van der Waals surface area contributed by atoms with Gasteiger partial charge < -0.3 is 9.88 Å². The first kappa shape index (κ1) is 9.89. The first-order valence-electron chi connectivity index (χ1n) is 5.47. The molecule has 0 aliphatic carbocycles. The molecule has 0 amide bonds. The first-order valence-corrected chi connectivity index (χ1v) is 5.47. The number of aryl methyl sites for hydroxylation is 1. The van der Waals surface area contributed by atoms with Gasteiger partial charge in [0.1, 0.15) is 17.3 Å². The van der Waals surface area contributed by atoms with Gasteiger partial charge in [0, 0.05) is 31.8 Å². The van der Waals surface area contributed by atoms with Crippen molar-refractivity contribution in [2.24, 2.45) is 7.05 Å². The van der Waals surface area contributed by atoms with Crippen LogP contribution in [0.1, 0.15) is 5.82 Å². The second kappa shape index (κ2) is 3.93. The number of anilines is 1. The van der Waals surface area contributed by atoms with Gasteiger partial charge in [-0.2, -0.15) is 0 Å². The number of nitrogens with zero attached hydrogens (tertiary/aromatic N) is 4. The molecule has 0 fully saturated rings. The lowest BCUT2D eigenvalue weighted by Gasteiger charge is -2.08. The summed E-state index contributed by atoms with van der Waals surface area (Å²) in [5.74, 6) is 2.02. The van der Waals surface area contributed by atoms with Crippen molar-refractivity contribution in [2.75, 3.05) is 5.32 Å². The van der Waals surface area contributed by atoms with Crippen LogP contribution in [0.4, 0.5) is 5.82 Å². The van der Waals surface area contributed by atoms with E-state index in [1.54, 1.807) is 12.4 Å². The average Bonchev–Trinajstić information content (AvgIpc) is 2.95. The highest BCUT2D eigenvalue weighted by Crippen LogP contribution is 2.11. The molecule has 0 aliphatic rings. The summed E-state index contributed by atoms with van der Waals surface area (Å²) in [6.45, 7) is 0.695. The van der Waals surface area contributed by atoms with Gasteiger partial charge in [-0.1, -0.05) is 6.07 Å². The van der Waals surface area contributed by atoms with Gasteiger partial charge in [-0.05, 0) is 12.1 Å². The second-order valence-corrected chi connectivity index (χ2v) is 3.87. The molecule has 0 unspecified atom stereocenters. The van der Waals surface area contributed by atoms with E-state index >= 15 is 0 Å². The third-order valence-corrected chi connectivity index (χ3v) is 2.78. The van der Waals surface area contributed by atoms with E-state index in [4.69, 9.17) is 0 Å². The zero-order valence-electron chi connectivity index (χ0n) is 9.54. The van der Waals surface area contributed by atoms with E-state index in [1.165, 1.54) is 0 Å². The van der Waals surface area contributed by atoms with Crippen LogP contribution in [0, 0.1) is 0 Å². The predicted octanol–water partition coefficient (Wildman–Crippen LogP) is 1.68. The number of pyridine rings is 1. The zero-order valence-corrected chi connectivity index (χ0v) is 9.54. The van der Waals surface area contributed by atoms with E-state index in [-0.39, 0.29) is 0 Å². The quantitative estimate of drug-likeness (QED) is 0.740.